The molecule has 50 heavy (non-hydrogen) atoms. The summed E-state index contributed by atoms with van der Waals surface area (Å²) in [6.45, 7) is 5.18. The van der Waals surface area contributed by atoms with E-state index in [1.165, 1.54) is 17.8 Å². The van der Waals surface area contributed by atoms with Crippen LogP contribution in [0.3, 0.4) is 0 Å². The largest absolute Gasteiger partial charge is 0.382 e. The van der Waals surface area contributed by atoms with Gasteiger partial charge in [0, 0.05) is 72.4 Å². The van der Waals surface area contributed by atoms with Gasteiger partial charge in [-0.05, 0) is 56.4 Å². The molecule has 6 heterocycles. The molecule has 4 aliphatic rings. The number of anilines is 3. The van der Waals surface area contributed by atoms with Gasteiger partial charge in [0.15, 0.2) is 12.1 Å². The zero-order valence-corrected chi connectivity index (χ0v) is 29.1. The van der Waals surface area contributed by atoms with Gasteiger partial charge in [0.1, 0.15) is 22.5 Å². The van der Waals surface area contributed by atoms with Gasteiger partial charge in [0.25, 0.3) is 5.91 Å². The third kappa shape index (κ3) is 6.52. The zero-order valence-electron chi connectivity index (χ0n) is 27.5. The Morgan fingerprint density at radius 1 is 1.24 bits per heavy atom. The number of halogens is 2. The molecule has 3 fully saturated rings. The van der Waals surface area contributed by atoms with Crippen LogP contribution in [0.4, 0.5) is 21.8 Å². The number of piperidine rings is 2. The monoisotopic (exact) mass is 723 g/mol. The molecule has 2 aromatic heterocycles. The maximum atomic E-state index is 15.5. The molecule has 6 N–H and O–H groups in total. The van der Waals surface area contributed by atoms with E-state index in [1.54, 1.807) is 29.4 Å². The van der Waals surface area contributed by atoms with E-state index in [0.29, 0.717) is 83.1 Å². The second kappa shape index (κ2) is 14.0. The van der Waals surface area contributed by atoms with Crippen molar-refractivity contribution in [3.8, 4) is 0 Å². The molecule has 7 rings (SSSR count). The van der Waals surface area contributed by atoms with E-state index in [0.717, 1.165) is 31.5 Å². The van der Waals surface area contributed by atoms with E-state index < -0.39 is 17.6 Å². The van der Waals surface area contributed by atoms with Crippen molar-refractivity contribution >= 4 is 58.8 Å². The molecule has 1 aromatic carbocycles. The van der Waals surface area contributed by atoms with Gasteiger partial charge < -0.3 is 36.6 Å². The first-order valence-electron chi connectivity index (χ1n) is 16.7. The normalized spacial score (nSPS) is 24.5. The quantitative estimate of drug-likeness (QED) is 0.187. The summed E-state index contributed by atoms with van der Waals surface area (Å²) in [6.07, 6.45) is 6.31. The molecule has 16 heteroatoms. The Kier molecular flexibility index (Phi) is 9.69. The van der Waals surface area contributed by atoms with Crippen molar-refractivity contribution in [3.63, 3.8) is 0 Å². The summed E-state index contributed by atoms with van der Waals surface area (Å²) in [5.41, 5.74) is 13.7. The number of nitrogens with two attached hydrogens (primary N) is 2. The third-order valence-electron chi connectivity index (χ3n) is 10.6. The number of nitrogens with zero attached hydrogens (tertiary/aromatic N) is 5. The van der Waals surface area contributed by atoms with E-state index in [9.17, 15) is 14.4 Å². The summed E-state index contributed by atoms with van der Waals surface area (Å²) in [5, 5.41) is 7.58. The van der Waals surface area contributed by atoms with Crippen LogP contribution < -0.4 is 27.0 Å². The van der Waals surface area contributed by atoms with Gasteiger partial charge in [0.05, 0.1) is 30.0 Å². The van der Waals surface area contributed by atoms with Gasteiger partial charge >= 0.3 is 0 Å². The van der Waals surface area contributed by atoms with Crippen LogP contribution in [0.2, 0.25) is 5.02 Å². The average Bonchev–Trinajstić information content (AvgIpc) is 3.60. The van der Waals surface area contributed by atoms with Crippen LogP contribution >= 0.6 is 23.4 Å². The molecule has 3 saturated heterocycles. The molecule has 2 unspecified atom stereocenters. The molecule has 3 aromatic rings. The molecule has 1 amide bonds. The summed E-state index contributed by atoms with van der Waals surface area (Å²) < 4.78 is 21.6. The van der Waals surface area contributed by atoms with E-state index in [-0.39, 0.29) is 35.3 Å². The van der Waals surface area contributed by atoms with Gasteiger partial charge in [-0.25, -0.2) is 19.3 Å². The molecule has 1 spiro atoms. The Hall–Kier alpha value is -3.89. The van der Waals surface area contributed by atoms with Crippen molar-refractivity contribution < 1.29 is 23.5 Å². The first-order chi connectivity index (χ1) is 24.1. The highest BCUT2D eigenvalue weighted by molar-refractivity contribution is 7.99. The first-order valence-corrected chi connectivity index (χ1v) is 17.9. The van der Waals surface area contributed by atoms with E-state index in [1.807, 2.05) is 6.92 Å². The third-order valence-corrected chi connectivity index (χ3v) is 12.2. The number of hydrogen-bond acceptors (Lipinski definition) is 13. The second-order valence-electron chi connectivity index (χ2n) is 13.5. The second-order valence-corrected chi connectivity index (χ2v) is 14.9. The number of aromatic nitrogens is 3. The van der Waals surface area contributed by atoms with E-state index in [4.69, 9.17) is 27.8 Å². The molecule has 13 nitrogen and oxygen atoms in total. The van der Waals surface area contributed by atoms with Crippen molar-refractivity contribution in [3.05, 3.63) is 58.1 Å². The van der Waals surface area contributed by atoms with Crippen LogP contribution in [0, 0.1) is 11.2 Å². The fourth-order valence-electron chi connectivity index (χ4n) is 7.73. The van der Waals surface area contributed by atoms with Crippen molar-refractivity contribution in [1.29, 1.82) is 0 Å². The molecular formula is C34H39ClFN9O4S. The number of rotatable bonds is 9. The molecule has 264 valence electrons. The number of fused-ring (bicyclic) bond motifs is 1. The molecule has 0 bridgehead atoms. The molecule has 4 atom stereocenters. The number of ketones is 1. The Labute approximate surface area is 298 Å². The maximum Gasteiger partial charge on any atom is 0.254 e. The number of nitrogens with one attached hydrogen (secondary N) is 2. The summed E-state index contributed by atoms with van der Waals surface area (Å²) in [7, 11) is 0. The number of benzene rings is 1. The van der Waals surface area contributed by atoms with Crippen molar-refractivity contribution in [1.82, 2.24) is 30.5 Å². The number of carbonyl (C=O) groups is 3. The van der Waals surface area contributed by atoms with Crippen molar-refractivity contribution in [2.45, 2.75) is 79.8 Å². The van der Waals surface area contributed by atoms with E-state index >= 15 is 4.39 Å². The van der Waals surface area contributed by atoms with Gasteiger partial charge in [-0.15, -0.1) is 0 Å². The topological polar surface area (TPSA) is 182 Å². The summed E-state index contributed by atoms with van der Waals surface area (Å²) in [6, 6.07) is 4.24. The Morgan fingerprint density at radius 3 is 2.76 bits per heavy atom. The highest BCUT2D eigenvalue weighted by Crippen LogP contribution is 2.44. The van der Waals surface area contributed by atoms with Crippen LogP contribution in [0.15, 0.2) is 40.5 Å². The lowest BCUT2D eigenvalue weighted by Gasteiger charge is -2.43. The van der Waals surface area contributed by atoms with Crippen LogP contribution in [0.1, 0.15) is 54.1 Å². The lowest BCUT2D eigenvalue weighted by atomic mass is 9.73. The van der Waals surface area contributed by atoms with Crippen LogP contribution in [-0.4, -0.2) is 88.3 Å². The van der Waals surface area contributed by atoms with Crippen LogP contribution in [0.25, 0.3) is 0 Å². The highest BCUT2D eigenvalue weighted by atomic mass is 35.5. The number of aldehydes is 1. The summed E-state index contributed by atoms with van der Waals surface area (Å²) >= 11 is 7.58. The van der Waals surface area contributed by atoms with Crippen LogP contribution in [-0.2, 0) is 27.4 Å². The van der Waals surface area contributed by atoms with Crippen molar-refractivity contribution in [2.75, 3.05) is 42.6 Å². The number of amides is 1. The minimum Gasteiger partial charge on any atom is -0.382 e. The smallest absolute Gasteiger partial charge is 0.254 e. The fraction of sp³-hybridized carbons (Fsp3) is 0.471. The minimum atomic E-state index is -0.514. The Balaban J connectivity index is 0.973. The fourth-order valence-corrected chi connectivity index (χ4v) is 8.74. The van der Waals surface area contributed by atoms with Gasteiger partial charge in [-0.2, -0.15) is 0 Å². The minimum absolute atomic E-state index is 0.00162. The van der Waals surface area contributed by atoms with Gasteiger partial charge in [-0.1, -0.05) is 23.4 Å². The Morgan fingerprint density at radius 2 is 2.04 bits per heavy atom. The summed E-state index contributed by atoms with van der Waals surface area (Å²) in [4.78, 5) is 53.7. The number of ether oxygens (including phenoxy) is 1. The molecule has 0 saturated carbocycles. The lowest BCUT2D eigenvalue weighted by molar-refractivity contribution is -0.131. The zero-order chi connectivity index (χ0) is 35.2. The molecule has 0 radical (unpaired) electrons. The number of nitrogen functional groups attached to an aromatic ring is 2. The Bertz CT molecular complexity index is 1820. The number of pyridine rings is 1. The summed E-state index contributed by atoms with van der Waals surface area (Å²) in [5.74, 6) is 0.118. The number of Topliss-reactive ketones (excluding diaryl/α,β-unsaturated/α-hetero) is 1. The number of carbonyl (C=O) groups excluding carboxylic acids is 3. The predicted molar refractivity (Wildman–Crippen MR) is 186 cm³/mol. The average molecular weight is 724 g/mol. The predicted octanol–water partition coefficient (Wildman–Crippen LogP) is 2.99. The van der Waals surface area contributed by atoms with Gasteiger partial charge in [0.2, 0.25) is 5.78 Å². The van der Waals surface area contributed by atoms with Crippen LogP contribution in [0.5, 0.6) is 0 Å². The highest BCUT2D eigenvalue weighted by Gasteiger charge is 2.49. The van der Waals surface area contributed by atoms with Crippen molar-refractivity contribution in [2.24, 2.45) is 5.41 Å². The SMILES string of the molecule is C[C@@H]1OCC2(CCN(c3cnc(Sc4ccnc(N)c4Cl)c(N)n3)CC2)[C@@H]1NCc1cc2c(cc1F)C(=O)N(C1CCC(C(=O)C=O)NC1)C2. The standard InChI is InChI=1S/C34H39ClFN9O4S/c1-18-29(41-12-19-10-20-15-45(33(48)22(20)11-23(19)36)21-2-3-24(40-13-21)25(47)16-46)34(17-49-18)5-8-44(9-6-34)27-14-42-32(31(38)43-27)50-26-4-7-39-30(37)28(26)35/h4,7,10-11,14,16,18,21,24,29,40-41H,2-3,5-6,8-9,12-13,15,17H2,1H3,(H2,37,39)(H2,38,43)/t18-,21?,24?,29+/m0/s1. The molecule has 0 aliphatic carbocycles. The number of hydrogen-bond donors (Lipinski definition) is 4. The molecular weight excluding hydrogens is 685 g/mol. The first kappa shape index (κ1) is 34.6. The maximum absolute atomic E-state index is 15.5. The lowest BCUT2D eigenvalue weighted by Crippen LogP contribution is -2.52. The molecule has 4 aliphatic heterocycles. The van der Waals surface area contributed by atoms with Gasteiger partial charge in [-0.3, -0.25) is 14.4 Å². The van der Waals surface area contributed by atoms with E-state index in [2.05, 4.69) is 30.5 Å².